The summed E-state index contributed by atoms with van der Waals surface area (Å²) in [4.78, 5) is 12.9. The third-order valence-corrected chi connectivity index (χ3v) is 3.95. The van der Waals surface area contributed by atoms with Crippen LogP contribution in [-0.4, -0.2) is 27.2 Å². The van der Waals surface area contributed by atoms with Crippen molar-refractivity contribution < 1.29 is 23.4 Å². The van der Waals surface area contributed by atoms with Gasteiger partial charge in [0.25, 0.3) is 5.91 Å². The van der Waals surface area contributed by atoms with Crippen LogP contribution < -0.4 is 19.5 Å². The number of aryl methyl sites for hydroxylation is 1. The number of fused-ring (bicyclic) bond motifs is 1. The Kier molecular flexibility index (Phi) is 4.52. The number of benzene rings is 2. The number of hydrogen-bond acceptors (Lipinski definition) is 5. The van der Waals surface area contributed by atoms with Crippen LogP contribution in [0.2, 0.25) is 0 Å². The fourth-order valence-corrected chi connectivity index (χ4v) is 2.70. The SMILES string of the molecule is COc1ccc(OC)c(NC(=O)c2c(C)oc3ccc(OC)cc23)c1. The summed E-state index contributed by atoms with van der Waals surface area (Å²) in [7, 11) is 4.68. The zero-order valence-corrected chi connectivity index (χ0v) is 14.5. The van der Waals surface area contributed by atoms with Gasteiger partial charge in [0.05, 0.1) is 32.6 Å². The second-order valence-electron chi connectivity index (χ2n) is 5.42. The van der Waals surface area contributed by atoms with Crippen LogP contribution in [0.15, 0.2) is 40.8 Å². The van der Waals surface area contributed by atoms with E-state index in [1.807, 2.05) is 0 Å². The quantitative estimate of drug-likeness (QED) is 0.759. The first-order chi connectivity index (χ1) is 12.1. The number of carbonyl (C=O) groups is 1. The molecule has 0 unspecified atom stereocenters. The van der Waals surface area contributed by atoms with Crippen LogP contribution in [0, 0.1) is 6.92 Å². The molecular formula is C19H19NO5. The van der Waals surface area contributed by atoms with Gasteiger partial charge in [-0.15, -0.1) is 0 Å². The number of nitrogens with one attached hydrogen (secondary N) is 1. The first-order valence-corrected chi connectivity index (χ1v) is 7.68. The minimum atomic E-state index is -0.295. The van der Waals surface area contributed by atoms with Crippen molar-refractivity contribution in [3.8, 4) is 17.2 Å². The third-order valence-electron chi connectivity index (χ3n) is 3.95. The highest BCUT2D eigenvalue weighted by Crippen LogP contribution is 2.32. The zero-order chi connectivity index (χ0) is 18.0. The molecule has 3 aromatic rings. The summed E-state index contributed by atoms with van der Waals surface area (Å²) in [6.45, 7) is 1.75. The fraction of sp³-hybridized carbons (Fsp3) is 0.211. The molecular weight excluding hydrogens is 322 g/mol. The highest BCUT2D eigenvalue weighted by atomic mass is 16.5. The summed E-state index contributed by atoms with van der Waals surface area (Å²) in [5.41, 5.74) is 1.60. The lowest BCUT2D eigenvalue weighted by Gasteiger charge is -2.11. The van der Waals surface area contributed by atoms with Gasteiger partial charge in [-0.3, -0.25) is 4.79 Å². The number of amides is 1. The smallest absolute Gasteiger partial charge is 0.259 e. The van der Waals surface area contributed by atoms with Crippen molar-refractivity contribution >= 4 is 22.6 Å². The third kappa shape index (κ3) is 3.10. The van der Waals surface area contributed by atoms with E-state index in [9.17, 15) is 4.79 Å². The molecule has 0 aliphatic rings. The summed E-state index contributed by atoms with van der Waals surface area (Å²) in [6, 6.07) is 10.6. The molecule has 0 saturated heterocycles. The van der Waals surface area contributed by atoms with E-state index in [1.54, 1.807) is 64.7 Å². The largest absolute Gasteiger partial charge is 0.497 e. The molecule has 0 fully saturated rings. The van der Waals surface area contributed by atoms with Gasteiger partial charge in [-0.05, 0) is 37.3 Å². The van der Waals surface area contributed by atoms with Crippen LogP contribution in [0.3, 0.4) is 0 Å². The lowest BCUT2D eigenvalue weighted by atomic mass is 10.1. The van der Waals surface area contributed by atoms with Gasteiger partial charge in [0.2, 0.25) is 0 Å². The molecule has 0 radical (unpaired) electrons. The van der Waals surface area contributed by atoms with Crippen molar-refractivity contribution in [2.45, 2.75) is 6.92 Å². The van der Waals surface area contributed by atoms with Crippen LogP contribution in [0.5, 0.6) is 17.2 Å². The Morgan fingerprint density at radius 2 is 1.64 bits per heavy atom. The topological polar surface area (TPSA) is 69.9 Å². The van der Waals surface area contributed by atoms with E-state index in [4.69, 9.17) is 18.6 Å². The van der Waals surface area contributed by atoms with Crippen molar-refractivity contribution in [3.05, 3.63) is 47.7 Å². The van der Waals surface area contributed by atoms with Gasteiger partial charge < -0.3 is 23.9 Å². The minimum absolute atomic E-state index is 0.295. The second-order valence-corrected chi connectivity index (χ2v) is 5.42. The van der Waals surface area contributed by atoms with Crippen LogP contribution >= 0.6 is 0 Å². The van der Waals surface area contributed by atoms with Crippen LogP contribution in [0.25, 0.3) is 11.0 Å². The number of ether oxygens (including phenoxy) is 3. The first-order valence-electron chi connectivity index (χ1n) is 7.68. The summed E-state index contributed by atoms with van der Waals surface area (Å²) in [5.74, 6) is 2.05. The molecule has 6 nitrogen and oxygen atoms in total. The lowest BCUT2D eigenvalue weighted by Crippen LogP contribution is -2.13. The predicted molar refractivity (Wildman–Crippen MR) is 95.0 cm³/mol. The number of rotatable bonds is 5. The average Bonchev–Trinajstić information content (AvgIpc) is 2.96. The standard InChI is InChI=1S/C19H19NO5/c1-11-18(14-9-12(22-2)5-7-16(14)25-11)19(21)20-15-10-13(23-3)6-8-17(15)24-4/h5-10H,1-4H3,(H,20,21). The molecule has 1 amide bonds. The zero-order valence-electron chi connectivity index (χ0n) is 14.5. The minimum Gasteiger partial charge on any atom is -0.497 e. The Morgan fingerprint density at radius 1 is 0.960 bits per heavy atom. The highest BCUT2D eigenvalue weighted by Gasteiger charge is 2.20. The lowest BCUT2D eigenvalue weighted by molar-refractivity contribution is 0.102. The van der Waals surface area contributed by atoms with Gasteiger partial charge in [-0.2, -0.15) is 0 Å². The summed E-state index contributed by atoms with van der Waals surface area (Å²) >= 11 is 0. The summed E-state index contributed by atoms with van der Waals surface area (Å²) < 4.78 is 21.4. The number of anilines is 1. The van der Waals surface area contributed by atoms with Crippen molar-refractivity contribution in [1.29, 1.82) is 0 Å². The fourth-order valence-electron chi connectivity index (χ4n) is 2.70. The van der Waals surface area contributed by atoms with Crippen LogP contribution in [0.4, 0.5) is 5.69 Å². The molecule has 1 heterocycles. The molecule has 0 spiro atoms. The molecule has 0 aliphatic carbocycles. The highest BCUT2D eigenvalue weighted by molar-refractivity contribution is 6.14. The van der Waals surface area contributed by atoms with Gasteiger partial charge >= 0.3 is 0 Å². The maximum atomic E-state index is 12.9. The van der Waals surface area contributed by atoms with Gasteiger partial charge in [0, 0.05) is 11.5 Å². The Hall–Kier alpha value is -3.15. The summed E-state index contributed by atoms with van der Waals surface area (Å²) in [6.07, 6.45) is 0. The number of furan rings is 1. The van der Waals surface area contributed by atoms with Gasteiger partial charge in [0.15, 0.2) is 0 Å². The van der Waals surface area contributed by atoms with Crippen molar-refractivity contribution in [2.75, 3.05) is 26.6 Å². The molecule has 0 bridgehead atoms. The normalized spacial score (nSPS) is 10.6. The summed E-state index contributed by atoms with van der Waals surface area (Å²) in [5, 5.41) is 3.56. The van der Waals surface area contributed by atoms with E-state index in [2.05, 4.69) is 5.32 Å². The molecule has 2 aromatic carbocycles. The predicted octanol–water partition coefficient (Wildman–Crippen LogP) is 4.02. The van der Waals surface area contributed by atoms with E-state index >= 15 is 0 Å². The Bertz CT molecular complexity index is 929. The molecule has 0 aliphatic heterocycles. The molecule has 25 heavy (non-hydrogen) atoms. The molecule has 130 valence electrons. The number of carbonyl (C=O) groups excluding carboxylic acids is 1. The average molecular weight is 341 g/mol. The van der Waals surface area contributed by atoms with Gasteiger partial charge in [-0.1, -0.05) is 0 Å². The maximum Gasteiger partial charge on any atom is 0.259 e. The van der Waals surface area contributed by atoms with E-state index in [0.29, 0.717) is 45.2 Å². The second kappa shape index (κ2) is 6.76. The Morgan fingerprint density at radius 3 is 2.32 bits per heavy atom. The molecule has 0 saturated carbocycles. The van der Waals surface area contributed by atoms with E-state index in [-0.39, 0.29) is 5.91 Å². The molecule has 1 N–H and O–H groups in total. The molecule has 6 heteroatoms. The van der Waals surface area contributed by atoms with Crippen molar-refractivity contribution in [3.63, 3.8) is 0 Å². The van der Waals surface area contributed by atoms with E-state index in [1.165, 1.54) is 0 Å². The Balaban J connectivity index is 2.02. The van der Waals surface area contributed by atoms with Crippen LogP contribution in [-0.2, 0) is 0 Å². The van der Waals surface area contributed by atoms with E-state index < -0.39 is 0 Å². The number of methoxy groups -OCH3 is 3. The number of hydrogen-bond donors (Lipinski definition) is 1. The van der Waals surface area contributed by atoms with Crippen molar-refractivity contribution in [2.24, 2.45) is 0 Å². The molecule has 0 atom stereocenters. The van der Waals surface area contributed by atoms with Crippen molar-refractivity contribution in [1.82, 2.24) is 0 Å². The first kappa shape index (κ1) is 16.7. The molecule has 1 aromatic heterocycles. The monoisotopic (exact) mass is 341 g/mol. The van der Waals surface area contributed by atoms with E-state index in [0.717, 1.165) is 0 Å². The molecule has 3 rings (SSSR count). The van der Waals surface area contributed by atoms with Gasteiger partial charge in [0.1, 0.15) is 28.6 Å². The van der Waals surface area contributed by atoms with Gasteiger partial charge in [-0.25, -0.2) is 0 Å². The Labute approximate surface area is 145 Å². The van der Waals surface area contributed by atoms with Crippen LogP contribution in [0.1, 0.15) is 16.1 Å². The maximum absolute atomic E-state index is 12.9.